The normalized spacial score (nSPS) is 13.0. The molecule has 3 N–H and O–H groups in total. The molecule has 1 aliphatic heterocycles. The van der Waals surface area contributed by atoms with Gasteiger partial charge in [-0.25, -0.2) is 9.37 Å². The maximum Gasteiger partial charge on any atom is 0.273 e. The quantitative estimate of drug-likeness (QED) is 0.0595. The summed E-state index contributed by atoms with van der Waals surface area (Å²) in [5, 5.41) is 10.2. The summed E-state index contributed by atoms with van der Waals surface area (Å²) < 4.78 is 26.0. The molecule has 0 saturated carbocycles. The van der Waals surface area contributed by atoms with Gasteiger partial charge in [-0.2, -0.15) is 5.10 Å². The fraction of sp³-hybridized carbons (Fsp3) is 0.333. The number of halogens is 1. The Hall–Kier alpha value is -5.99. The van der Waals surface area contributed by atoms with Crippen molar-refractivity contribution in [1.82, 2.24) is 30.8 Å². The Balaban J connectivity index is 1.00. The summed E-state index contributed by atoms with van der Waals surface area (Å²) in [7, 11) is 3.15. The number of methoxy groups -OCH3 is 1. The highest BCUT2D eigenvalue weighted by atomic mass is 19.1. The van der Waals surface area contributed by atoms with Crippen LogP contribution in [0.4, 0.5) is 4.39 Å². The third-order valence-electron chi connectivity index (χ3n) is 9.39. The average molecular weight is 766 g/mol. The molecule has 5 rings (SSSR count). The van der Waals surface area contributed by atoms with Crippen LogP contribution in [0.3, 0.4) is 0 Å². The van der Waals surface area contributed by atoms with Gasteiger partial charge in [-0.15, -0.1) is 0 Å². The predicted molar refractivity (Wildman–Crippen MR) is 212 cm³/mol. The number of benzene rings is 3. The number of piperazine rings is 1. The van der Waals surface area contributed by atoms with Crippen molar-refractivity contribution >= 4 is 29.7 Å². The lowest BCUT2D eigenvalue weighted by atomic mass is 9.97. The number of hydrogen-bond donors (Lipinski definition) is 3. The summed E-state index contributed by atoms with van der Waals surface area (Å²) in [4.78, 5) is 58.2. The number of rotatable bonds is 18. The maximum atomic E-state index is 14.9. The molecule has 1 saturated heterocycles. The molecule has 1 aliphatic rings. The second-order valence-electron chi connectivity index (χ2n) is 13.0. The standard InChI is InChI=1S/C42H48FN7O6/c1-4-29-8-7-10-31(22-29)33-25-38(55-3)40(47-26-33)41(53)46-15-21-56-20-14-45-27-39(52)49-16-18-50(19-17-49)42(54)35-23-30(12-13-36(35)43)24-37(48-44-2)34-11-6-5-9-32(34)28-51/h5-13,22-23,25-26,28,44-45H,4,14-21,24,27H2,1-3H3,(H,46,53)/b48-37-. The number of aryl methyl sites for hydroxylation is 1. The van der Waals surface area contributed by atoms with Crippen LogP contribution in [0.15, 0.2) is 84.1 Å². The highest BCUT2D eigenvalue weighted by molar-refractivity contribution is 6.07. The van der Waals surface area contributed by atoms with Gasteiger partial charge in [-0.1, -0.05) is 61.5 Å². The summed E-state index contributed by atoms with van der Waals surface area (Å²) >= 11 is 0. The average Bonchev–Trinajstić information content (AvgIpc) is 3.24. The zero-order valence-electron chi connectivity index (χ0n) is 32.0. The molecule has 294 valence electrons. The van der Waals surface area contributed by atoms with Crippen molar-refractivity contribution in [2.24, 2.45) is 5.10 Å². The minimum Gasteiger partial charge on any atom is -0.494 e. The second kappa shape index (κ2) is 20.6. The van der Waals surface area contributed by atoms with Crippen LogP contribution in [0.2, 0.25) is 0 Å². The monoisotopic (exact) mass is 765 g/mol. The molecule has 4 aromatic rings. The number of aldehydes is 1. The number of hydrazone groups is 1. The van der Waals surface area contributed by atoms with Gasteiger partial charge in [0.05, 0.1) is 38.1 Å². The second-order valence-corrected chi connectivity index (χ2v) is 13.0. The number of pyridine rings is 1. The number of nitrogens with one attached hydrogen (secondary N) is 3. The fourth-order valence-electron chi connectivity index (χ4n) is 6.33. The largest absolute Gasteiger partial charge is 0.494 e. The lowest BCUT2D eigenvalue weighted by Crippen LogP contribution is -2.52. The van der Waals surface area contributed by atoms with Crippen LogP contribution in [0, 0.1) is 5.82 Å². The molecule has 0 atom stereocenters. The molecule has 13 nitrogen and oxygen atoms in total. The van der Waals surface area contributed by atoms with Gasteiger partial charge in [0.2, 0.25) is 5.91 Å². The van der Waals surface area contributed by atoms with Gasteiger partial charge in [-0.05, 0) is 41.3 Å². The zero-order chi connectivity index (χ0) is 39.9. The highest BCUT2D eigenvalue weighted by Gasteiger charge is 2.27. The van der Waals surface area contributed by atoms with E-state index < -0.39 is 11.7 Å². The van der Waals surface area contributed by atoms with Crippen LogP contribution < -0.4 is 20.8 Å². The smallest absolute Gasteiger partial charge is 0.273 e. The molecule has 14 heteroatoms. The first-order chi connectivity index (χ1) is 27.3. The summed E-state index contributed by atoms with van der Waals surface area (Å²) in [6.45, 7) is 4.64. The van der Waals surface area contributed by atoms with Gasteiger partial charge in [0, 0.05) is 75.6 Å². The first-order valence-electron chi connectivity index (χ1n) is 18.6. The van der Waals surface area contributed by atoms with Crippen molar-refractivity contribution in [3.8, 4) is 16.9 Å². The highest BCUT2D eigenvalue weighted by Crippen LogP contribution is 2.26. The van der Waals surface area contributed by atoms with E-state index in [1.165, 1.54) is 24.8 Å². The third-order valence-corrected chi connectivity index (χ3v) is 9.39. The SMILES string of the molecule is CCc1cccc(-c2cnc(C(=O)NCCOCCNCC(=O)N3CCN(C(=O)c4cc(C/C(=N/NC)c5ccccc5C=O)ccc4F)CC3)c(OC)c2)c1. The Morgan fingerprint density at radius 1 is 0.893 bits per heavy atom. The summed E-state index contributed by atoms with van der Waals surface area (Å²) in [5.74, 6) is -1.20. The Morgan fingerprint density at radius 3 is 2.41 bits per heavy atom. The fourth-order valence-corrected chi connectivity index (χ4v) is 6.33. The lowest BCUT2D eigenvalue weighted by Gasteiger charge is -2.35. The van der Waals surface area contributed by atoms with E-state index in [4.69, 9.17) is 9.47 Å². The molecule has 3 amide bonds. The van der Waals surface area contributed by atoms with E-state index in [1.54, 1.807) is 59.4 Å². The Labute approximate surface area is 326 Å². The van der Waals surface area contributed by atoms with E-state index in [-0.39, 0.29) is 62.3 Å². The molecule has 56 heavy (non-hydrogen) atoms. The Morgan fingerprint density at radius 2 is 1.66 bits per heavy atom. The lowest BCUT2D eigenvalue weighted by molar-refractivity contribution is -0.131. The summed E-state index contributed by atoms with van der Waals surface area (Å²) in [6, 6.07) is 21.4. The topological polar surface area (TPSA) is 155 Å². The number of nitrogens with zero attached hydrogens (tertiary/aromatic N) is 4. The number of carbonyl (C=O) groups excluding carboxylic acids is 4. The Kier molecular flexibility index (Phi) is 15.2. The van der Waals surface area contributed by atoms with Gasteiger partial charge in [-0.3, -0.25) is 19.2 Å². The molecule has 2 heterocycles. The van der Waals surface area contributed by atoms with Crippen LogP contribution >= 0.6 is 0 Å². The van der Waals surface area contributed by atoms with E-state index in [2.05, 4.69) is 45.2 Å². The van der Waals surface area contributed by atoms with E-state index >= 15 is 0 Å². The van der Waals surface area contributed by atoms with Crippen molar-refractivity contribution in [3.63, 3.8) is 0 Å². The van der Waals surface area contributed by atoms with Crippen molar-refractivity contribution in [2.45, 2.75) is 19.8 Å². The van der Waals surface area contributed by atoms with Gasteiger partial charge in [0.15, 0.2) is 17.7 Å². The number of carbonyl (C=O) groups is 4. The van der Waals surface area contributed by atoms with Gasteiger partial charge < -0.3 is 35.3 Å². The van der Waals surface area contributed by atoms with Crippen molar-refractivity contribution in [1.29, 1.82) is 0 Å². The van der Waals surface area contributed by atoms with Gasteiger partial charge in [0.1, 0.15) is 5.82 Å². The number of aromatic nitrogens is 1. The molecule has 1 fully saturated rings. The molecule has 0 unspecified atom stereocenters. The van der Waals surface area contributed by atoms with Gasteiger partial charge in [0.25, 0.3) is 11.8 Å². The first-order valence-corrected chi connectivity index (χ1v) is 18.6. The summed E-state index contributed by atoms with van der Waals surface area (Å²) in [5.41, 5.74) is 8.30. The predicted octanol–water partition coefficient (Wildman–Crippen LogP) is 3.76. The van der Waals surface area contributed by atoms with Crippen LogP contribution in [0.1, 0.15) is 54.8 Å². The number of hydrogen-bond acceptors (Lipinski definition) is 10. The molecule has 0 aliphatic carbocycles. The number of ether oxygens (including phenoxy) is 2. The first kappa shape index (κ1) is 41.2. The molecule has 0 spiro atoms. The van der Waals surface area contributed by atoms with E-state index in [0.717, 1.165) is 23.8 Å². The van der Waals surface area contributed by atoms with E-state index in [9.17, 15) is 23.6 Å². The molecular weight excluding hydrogens is 718 g/mol. The molecule has 1 aromatic heterocycles. The van der Waals surface area contributed by atoms with Crippen LogP contribution in [0.25, 0.3) is 11.1 Å². The van der Waals surface area contributed by atoms with Crippen molar-refractivity contribution in [2.75, 3.05) is 73.2 Å². The minimum atomic E-state index is -0.636. The van der Waals surface area contributed by atoms with Crippen molar-refractivity contribution < 1.29 is 33.0 Å². The van der Waals surface area contributed by atoms with Gasteiger partial charge >= 0.3 is 0 Å². The number of amides is 3. The van der Waals surface area contributed by atoms with Crippen molar-refractivity contribution in [3.05, 3.63) is 118 Å². The third kappa shape index (κ3) is 10.8. The van der Waals surface area contributed by atoms with E-state index in [1.807, 2.05) is 12.1 Å². The minimum absolute atomic E-state index is 0.0599. The Bertz CT molecular complexity index is 2030. The zero-order valence-corrected chi connectivity index (χ0v) is 32.0. The molecule has 0 bridgehead atoms. The molecule has 0 radical (unpaired) electrons. The molecule has 3 aromatic carbocycles. The van der Waals surface area contributed by atoms with E-state index in [0.29, 0.717) is 54.4 Å². The maximum absolute atomic E-state index is 14.9. The van der Waals surface area contributed by atoms with Crippen LogP contribution in [0.5, 0.6) is 5.75 Å². The van der Waals surface area contributed by atoms with Crippen LogP contribution in [-0.4, -0.2) is 118 Å². The van der Waals surface area contributed by atoms with Crippen LogP contribution in [-0.2, 0) is 22.4 Å². The molecular formula is C42H48FN7O6. The summed E-state index contributed by atoms with van der Waals surface area (Å²) in [6.07, 6.45) is 3.60.